The van der Waals surface area contributed by atoms with Crippen molar-refractivity contribution in [3.05, 3.63) is 58.6 Å². The minimum atomic E-state index is -3.67. The highest BCUT2D eigenvalue weighted by Gasteiger charge is 2.68. The average molecular weight is 489 g/mol. The summed E-state index contributed by atoms with van der Waals surface area (Å²) in [4.78, 5) is 20.6. The van der Waals surface area contributed by atoms with Crippen LogP contribution in [0.2, 0.25) is 5.02 Å². The second kappa shape index (κ2) is 7.34. The number of pyridine rings is 1. The van der Waals surface area contributed by atoms with Crippen molar-refractivity contribution in [2.75, 3.05) is 11.1 Å². The molecular weight excluding hydrogens is 469 g/mol. The Morgan fingerprint density at radius 3 is 2.50 bits per heavy atom. The maximum Gasteiger partial charge on any atom is 0.274 e. The first-order chi connectivity index (χ1) is 14.8. The summed E-state index contributed by atoms with van der Waals surface area (Å²) >= 11 is 5.76. The van der Waals surface area contributed by atoms with Crippen molar-refractivity contribution >= 4 is 39.6 Å². The predicted octanol–water partition coefficient (Wildman–Crippen LogP) is 4.63. The first kappa shape index (κ1) is 22.8. The SMILES string of the molecule is CC1(c2cc(NC(=O)c3ccc(Cl)cn3)ccc2F)CS(O)(O)C2(CC(F)(F)C2)C(N)=N1. The molecule has 0 bridgehead atoms. The number of halogens is 4. The number of carbonyl (C=O) groups excluding carboxylic acids is 1. The fourth-order valence-corrected chi connectivity index (χ4v) is 6.81. The summed E-state index contributed by atoms with van der Waals surface area (Å²) in [5.41, 5.74) is 4.62. The third kappa shape index (κ3) is 3.72. The Morgan fingerprint density at radius 2 is 1.94 bits per heavy atom. The minimum absolute atomic E-state index is 0.0665. The Morgan fingerprint density at radius 1 is 1.25 bits per heavy atom. The number of hydrogen-bond acceptors (Lipinski definition) is 6. The van der Waals surface area contributed by atoms with Crippen LogP contribution in [0.1, 0.15) is 35.8 Å². The lowest BCUT2D eigenvalue weighted by atomic mass is 9.78. The molecule has 12 heteroatoms. The van der Waals surface area contributed by atoms with E-state index in [0.29, 0.717) is 5.02 Å². The third-order valence-electron chi connectivity index (χ3n) is 5.79. The maximum absolute atomic E-state index is 14.8. The van der Waals surface area contributed by atoms with Crippen molar-refractivity contribution in [2.45, 2.75) is 36.0 Å². The number of nitrogens with two attached hydrogens (primary N) is 1. The normalized spacial score (nSPS) is 26.0. The standard InChI is InChI=1S/C20H20ClF3N4O3S/c1-18(10-32(30,31)19(17(25)28-18)8-20(23,24)9-19)13-6-12(3-4-14(13)22)27-16(29)15-5-2-11(21)7-26-15/h2-7,30-31H,8-10H2,1H3,(H2,25,28)(H,27,29). The molecule has 0 saturated heterocycles. The highest BCUT2D eigenvalue weighted by Crippen LogP contribution is 2.70. The number of aromatic nitrogens is 1. The lowest BCUT2D eigenvalue weighted by molar-refractivity contribution is -0.0848. The smallest absolute Gasteiger partial charge is 0.274 e. The number of benzene rings is 1. The highest BCUT2D eigenvalue weighted by molar-refractivity contribution is 8.26. The molecule has 4 rings (SSSR count). The molecule has 32 heavy (non-hydrogen) atoms. The zero-order chi connectivity index (χ0) is 23.5. The number of nitrogens with one attached hydrogen (secondary N) is 1. The number of hydrogen-bond donors (Lipinski definition) is 4. The molecule has 1 aliphatic carbocycles. The highest BCUT2D eigenvalue weighted by atomic mass is 35.5. The predicted molar refractivity (Wildman–Crippen MR) is 117 cm³/mol. The average Bonchev–Trinajstić information content (AvgIpc) is 2.66. The molecule has 7 nitrogen and oxygen atoms in total. The molecule has 2 aromatic rings. The van der Waals surface area contributed by atoms with Gasteiger partial charge < -0.3 is 11.1 Å². The molecule has 1 aromatic carbocycles. The number of amidine groups is 1. The second-order valence-corrected chi connectivity index (χ2v) is 11.1. The number of alkyl halides is 2. The summed E-state index contributed by atoms with van der Waals surface area (Å²) in [6, 6.07) is 6.61. The van der Waals surface area contributed by atoms with Crippen LogP contribution in [0.5, 0.6) is 0 Å². The van der Waals surface area contributed by atoms with Gasteiger partial charge in [-0.25, -0.2) is 18.2 Å². The Balaban J connectivity index is 1.66. The van der Waals surface area contributed by atoms with Crippen LogP contribution in [0.25, 0.3) is 0 Å². The number of anilines is 1. The van der Waals surface area contributed by atoms with Gasteiger partial charge in [-0.05, 0) is 37.3 Å². The Labute approximate surface area is 188 Å². The van der Waals surface area contributed by atoms with Gasteiger partial charge in [-0.3, -0.25) is 18.9 Å². The lowest BCUT2D eigenvalue weighted by Crippen LogP contribution is -2.65. The quantitative estimate of drug-likeness (QED) is 0.502. The molecule has 1 aliphatic heterocycles. The van der Waals surface area contributed by atoms with E-state index in [-0.39, 0.29) is 22.8 Å². The summed E-state index contributed by atoms with van der Waals surface area (Å²) in [6.07, 6.45) is -0.335. The number of amides is 1. The van der Waals surface area contributed by atoms with Gasteiger partial charge in [0.25, 0.3) is 11.8 Å². The van der Waals surface area contributed by atoms with Gasteiger partial charge in [0.15, 0.2) is 0 Å². The Kier molecular flexibility index (Phi) is 5.24. The molecule has 1 atom stereocenters. The molecule has 1 aromatic heterocycles. The third-order valence-corrected chi connectivity index (χ3v) is 8.73. The van der Waals surface area contributed by atoms with E-state index >= 15 is 0 Å². The number of aliphatic imine (C=N–C) groups is 1. The van der Waals surface area contributed by atoms with E-state index in [1.807, 2.05) is 0 Å². The summed E-state index contributed by atoms with van der Waals surface area (Å²) in [5, 5.41) is 2.93. The van der Waals surface area contributed by atoms with Crippen LogP contribution in [0, 0.1) is 5.82 Å². The summed E-state index contributed by atoms with van der Waals surface area (Å²) in [6.45, 7) is 1.43. The molecule has 1 spiro atoms. The number of carbonyl (C=O) groups is 1. The van der Waals surface area contributed by atoms with Gasteiger partial charge in [0.2, 0.25) is 0 Å². The zero-order valence-electron chi connectivity index (χ0n) is 16.8. The fraction of sp³-hybridized carbons (Fsp3) is 0.350. The number of nitrogens with zero attached hydrogens (tertiary/aromatic N) is 2. The molecule has 5 N–H and O–H groups in total. The lowest BCUT2D eigenvalue weighted by Gasteiger charge is -2.61. The number of rotatable bonds is 3. The monoisotopic (exact) mass is 488 g/mol. The van der Waals surface area contributed by atoms with E-state index in [9.17, 15) is 27.1 Å². The molecule has 1 unspecified atom stereocenters. The van der Waals surface area contributed by atoms with Crippen LogP contribution in [0.15, 0.2) is 41.5 Å². The van der Waals surface area contributed by atoms with Gasteiger partial charge in [0.05, 0.1) is 10.8 Å². The van der Waals surface area contributed by atoms with E-state index in [1.54, 1.807) is 0 Å². The molecule has 1 saturated carbocycles. The van der Waals surface area contributed by atoms with Crippen LogP contribution in [0.3, 0.4) is 0 Å². The molecule has 1 amide bonds. The largest absolute Gasteiger partial charge is 0.386 e. The first-order valence-corrected chi connectivity index (χ1v) is 11.6. The molecule has 2 aliphatic rings. The Bertz CT molecular complexity index is 1120. The van der Waals surface area contributed by atoms with Crippen molar-refractivity contribution in [2.24, 2.45) is 10.7 Å². The van der Waals surface area contributed by atoms with E-state index in [2.05, 4.69) is 15.3 Å². The van der Waals surface area contributed by atoms with Crippen molar-refractivity contribution in [3.63, 3.8) is 0 Å². The van der Waals surface area contributed by atoms with Crippen LogP contribution >= 0.6 is 22.2 Å². The van der Waals surface area contributed by atoms with Gasteiger partial charge in [-0.15, -0.1) is 0 Å². The van der Waals surface area contributed by atoms with Crippen molar-refractivity contribution in [3.8, 4) is 0 Å². The second-order valence-electron chi connectivity index (χ2n) is 8.30. The van der Waals surface area contributed by atoms with E-state index < -0.39 is 57.1 Å². The van der Waals surface area contributed by atoms with E-state index in [0.717, 1.165) is 6.07 Å². The van der Waals surface area contributed by atoms with Gasteiger partial charge in [0, 0.05) is 30.3 Å². The van der Waals surface area contributed by atoms with E-state index in [4.69, 9.17) is 17.3 Å². The molecule has 1 fully saturated rings. The molecule has 2 heterocycles. The van der Waals surface area contributed by atoms with Crippen LogP contribution in [-0.4, -0.2) is 42.3 Å². The molecular formula is C20H20ClF3N4O3S. The van der Waals surface area contributed by atoms with Gasteiger partial charge in [-0.2, -0.15) is 10.6 Å². The van der Waals surface area contributed by atoms with Gasteiger partial charge >= 0.3 is 0 Å². The van der Waals surface area contributed by atoms with E-state index in [1.165, 1.54) is 37.4 Å². The fourth-order valence-electron chi connectivity index (χ4n) is 4.15. The van der Waals surface area contributed by atoms with Crippen LogP contribution in [0.4, 0.5) is 18.9 Å². The topological polar surface area (TPSA) is 121 Å². The van der Waals surface area contributed by atoms with Gasteiger partial charge in [0.1, 0.15) is 27.6 Å². The van der Waals surface area contributed by atoms with Crippen LogP contribution < -0.4 is 11.1 Å². The Hall–Kier alpha value is -2.34. The molecule has 172 valence electrons. The summed E-state index contributed by atoms with van der Waals surface area (Å²) in [7, 11) is -3.67. The summed E-state index contributed by atoms with van der Waals surface area (Å²) in [5.74, 6) is -5.18. The summed E-state index contributed by atoms with van der Waals surface area (Å²) < 4.78 is 61.7. The maximum atomic E-state index is 14.8. The van der Waals surface area contributed by atoms with Crippen molar-refractivity contribution in [1.82, 2.24) is 4.98 Å². The molecule has 0 radical (unpaired) electrons. The van der Waals surface area contributed by atoms with Crippen molar-refractivity contribution < 1.29 is 27.1 Å². The van der Waals surface area contributed by atoms with Gasteiger partial charge in [-0.1, -0.05) is 11.6 Å². The minimum Gasteiger partial charge on any atom is -0.386 e. The van der Waals surface area contributed by atoms with Crippen molar-refractivity contribution in [1.29, 1.82) is 0 Å². The zero-order valence-corrected chi connectivity index (χ0v) is 18.4. The van der Waals surface area contributed by atoms with Crippen LogP contribution in [-0.2, 0) is 5.54 Å². The first-order valence-electron chi connectivity index (χ1n) is 9.49.